The Morgan fingerprint density at radius 2 is 2.04 bits per heavy atom. The highest BCUT2D eigenvalue weighted by molar-refractivity contribution is 5.64. The Kier molecular flexibility index (Phi) is 6.32. The van der Waals surface area contributed by atoms with Gasteiger partial charge in [0.2, 0.25) is 0 Å². The molecule has 2 aromatic heterocycles. The molecule has 2 aromatic rings. The molecule has 1 fully saturated rings. The Hall–Kier alpha value is -2.57. The first kappa shape index (κ1) is 19.2. The molecular formula is C20H29N5O2. The predicted octanol–water partition coefficient (Wildman–Crippen LogP) is 3.48. The molecule has 1 aliphatic heterocycles. The van der Waals surface area contributed by atoms with Crippen LogP contribution in [-0.4, -0.2) is 45.6 Å². The van der Waals surface area contributed by atoms with Gasteiger partial charge in [0, 0.05) is 49.7 Å². The zero-order chi connectivity index (χ0) is 19.2. The van der Waals surface area contributed by atoms with E-state index in [0.29, 0.717) is 18.4 Å². The molecule has 0 bridgehead atoms. The van der Waals surface area contributed by atoms with Crippen molar-refractivity contribution in [3.8, 4) is 11.1 Å². The number of amides is 1. The van der Waals surface area contributed by atoms with Crippen LogP contribution in [0.5, 0.6) is 0 Å². The van der Waals surface area contributed by atoms with Gasteiger partial charge in [0.05, 0.1) is 6.20 Å². The van der Waals surface area contributed by atoms with E-state index in [1.165, 1.54) is 0 Å². The van der Waals surface area contributed by atoms with Crippen molar-refractivity contribution in [2.75, 3.05) is 24.5 Å². The first-order valence-corrected chi connectivity index (χ1v) is 9.72. The van der Waals surface area contributed by atoms with Crippen molar-refractivity contribution < 1.29 is 9.90 Å². The summed E-state index contributed by atoms with van der Waals surface area (Å²) in [5, 5.41) is 15.5. The Bertz CT molecular complexity index is 733. The number of anilines is 1. The van der Waals surface area contributed by atoms with Gasteiger partial charge in [-0.2, -0.15) is 5.10 Å². The number of hydrogen-bond acceptors (Lipinski definition) is 4. The molecule has 0 unspecified atom stereocenters. The van der Waals surface area contributed by atoms with Gasteiger partial charge in [0.25, 0.3) is 0 Å². The molecule has 146 valence electrons. The van der Waals surface area contributed by atoms with Gasteiger partial charge >= 0.3 is 6.09 Å². The fourth-order valence-corrected chi connectivity index (χ4v) is 3.56. The van der Waals surface area contributed by atoms with Crippen LogP contribution in [-0.2, 0) is 6.54 Å². The number of hydrogen-bond donors (Lipinski definition) is 2. The topological polar surface area (TPSA) is 83.3 Å². The normalized spacial score (nSPS) is 15.3. The van der Waals surface area contributed by atoms with Crippen molar-refractivity contribution in [2.45, 2.75) is 39.7 Å². The van der Waals surface area contributed by atoms with E-state index in [1.807, 2.05) is 17.1 Å². The van der Waals surface area contributed by atoms with Crippen molar-refractivity contribution in [3.63, 3.8) is 0 Å². The molecule has 0 aliphatic carbocycles. The summed E-state index contributed by atoms with van der Waals surface area (Å²) in [6.07, 6.45) is 8.02. The fraction of sp³-hybridized carbons (Fsp3) is 0.550. The maximum absolute atomic E-state index is 10.5. The van der Waals surface area contributed by atoms with E-state index in [4.69, 9.17) is 5.11 Å². The summed E-state index contributed by atoms with van der Waals surface area (Å²) in [5.41, 5.74) is 2.18. The second kappa shape index (κ2) is 8.88. The summed E-state index contributed by atoms with van der Waals surface area (Å²) >= 11 is 0. The van der Waals surface area contributed by atoms with Crippen molar-refractivity contribution in [3.05, 3.63) is 30.7 Å². The molecule has 7 nitrogen and oxygen atoms in total. The van der Waals surface area contributed by atoms with E-state index in [2.05, 4.69) is 52.5 Å². The third-order valence-corrected chi connectivity index (χ3v) is 5.03. The van der Waals surface area contributed by atoms with Crippen LogP contribution in [0.4, 0.5) is 10.6 Å². The first-order valence-electron chi connectivity index (χ1n) is 9.72. The zero-order valence-electron chi connectivity index (χ0n) is 16.1. The average Bonchev–Trinajstić information content (AvgIpc) is 3.10. The molecule has 3 rings (SSSR count). The molecule has 0 spiro atoms. The van der Waals surface area contributed by atoms with Crippen molar-refractivity contribution in [1.29, 1.82) is 0 Å². The van der Waals surface area contributed by atoms with Crippen LogP contribution in [0.3, 0.4) is 0 Å². The molecule has 2 N–H and O–H groups in total. The number of rotatable bonds is 7. The molecule has 0 radical (unpaired) electrons. The Labute approximate surface area is 160 Å². The van der Waals surface area contributed by atoms with Crippen LogP contribution >= 0.6 is 0 Å². The summed E-state index contributed by atoms with van der Waals surface area (Å²) in [6.45, 7) is 7.76. The molecule has 7 heteroatoms. The van der Waals surface area contributed by atoms with Gasteiger partial charge < -0.3 is 15.3 Å². The predicted molar refractivity (Wildman–Crippen MR) is 106 cm³/mol. The molecular weight excluding hydrogens is 342 g/mol. The maximum Gasteiger partial charge on any atom is 0.404 e. The fourth-order valence-electron chi connectivity index (χ4n) is 3.56. The minimum absolute atomic E-state index is 0.539. The van der Waals surface area contributed by atoms with Gasteiger partial charge in [-0.1, -0.05) is 13.8 Å². The van der Waals surface area contributed by atoms with Crippen molar-refractivity contribution in [1.82, 2.24) is 20.1 Å². The monoisotopic (exact) mass is 371 g/mol. The van der Waals surface area contributed by atoms with E-state index >= 15 is 0 Å². The minimum Gasteiger partial charge on any atom is -0.465 e. The van der Waals surface area contributed by atoms with Crippen LogP contribution in [0, 0.1) is 11.8 Å². The quantitative estimate of drug-likeness (QED) is 0.779. The lowest BCUT2D eigenvalue weighted by molar-refractivity contribution is 0.193. The van der Waals surface area contributed by atoms with Crippen LogP contribution in [0.1, 0.15) is 33.1 Å². The number of carboxylic acid groups (broad SMARTS) is 1. The van der Waals surface area contributed by atoms with Crippen molar-refractivity contribution in [2.24, 2.45) is 11.8 Å². The minimum atomic E-state index is -0.938. The van der Waals surface area contributed by atoms with Gasteiger partial charge in [0.1, 0.15) is 5.82 Å². The standard InChI is InChI=1S/C20H29N5O2/c1-15(2)13-25-14-18(12-23-25)17-3-4-19(22-11-17)24-9-6-16(7-10-24)5-8-21-20(26)27/h3-4,11-12,14-16,21H,5-10,13H2,1-2H3,(H,26,27). The molecule has 1 aliphatic rings. The Balaban J connectivity index is 1.52. The van der Waals surface area contributed by atoms with Crippen LogP contribution in [0.2, 0.25) is 0 Å². The lowest BCUT2D eigenvalue weighted by Crippen LogP contribution is -2.35. The molecule has 27 heavy (non-hydrogen) atoms. The highest BCUT2D eigenvalue weighted by Crippen LogP contribution is 2.25. The third-order valence-electron chi connectivity index (χ3n) is 5.03. The summed E-state index contributed by atoms with van der Waals surface area (Å²) in [5.74, 6) is 2.16. The van der Waals surface area contributed by atoms with Gasteiger partial charge in [-0.3, -0.25) is 4.68 Å². The number of pyridine rings is 1. The number of carbonyl (C=O) groups is 1. The van der Waals surface area contributed by atoms with Gasteiger partial charge in [0.15, 0.2) is 0 Å². The lowest BCUT2D eigenvalue weighted by atomic mass is 9.93. The molecule has 1 amide bonds. The summed E-state index contributed by atoms with van der Waals surface area (Å²) in [4.78, 5) is 17.5. The third kappa shape index (κ3) is 5.45. The number of nitrogens with one attached hydrogen (secondary N) is 1. The Morgan fingerprint density at radius 3 is 2.67 bits per heavy atom. The van der Waals surface area contributed by atoms with E-state index in [1.54, 1.807) is 0 Å². The number of piperidine rings is 1. The molecule has 0 saturated carbocycles. The molecule has 0 aromatic carbocycles. The first-order chi connectivity index (χ1) is 13.0. The van der Waals surface area contributed by atoms with Crippen LogP contribution < -0.4 is 10.2 Å². The maximum atomic E-state index is 10.5. The summed E-state index contributed by atoms with van der Waals surface area (Å²) < 4.78 is 1.98. The molecule has 1 saturated heterocycles. The lowest BCUT2D eigenvalue weighted by Gasteiger charge is -2.32. The highest BCUT2D eigenvalue weighted by atomic mass is 16.4. The van der Waals surface area contributed by atoms with Gasteiger partial charge in [-0.05, 0) is 43.2 Å². The van der Waals surface area contributed by atoms with E-state index in [-0.39, 0.29) is 0 Å². The number of aromatic nitrogens is 3. The molecule has 3 heterocycles. The van der Waals surface area contributed by atoms with Gasteiger partial charge in [-0.15, -0.1) is 0 Å². The van der Waals surface area contributed by atoms with Crippen LogP contribution in [0.25, 0.3) is 11.1 Å². The average molecular weight is 371 g/mol. The van der Waals surface area contributed by atoms with E-state index in [0.717, 1.165) is 55.8 Å². The zero-order valence-corrected chi connectivity index (χ0v) is 16.1. The summed E-state index contributed by atoms with van der Waals surface area (Å²) in [6, 6.07) is 4.20. The SMILES string of the molecule is CC(C)Cn1cc(-c2ccc(N3CCC(CCNC(=O)O)CC3)nc2)cn1. The molecule has 0 atom stereocenters. The van der Waals surface area contributed by atoms with E-state index in [9.17, 15) is 4.79 Å². The second-order valence-electron chi connectivity index (χ2n) is 7.70. The second-order valence-corrected chi connectivity index (χ2v) is 7.70. The Morgan fingerprint density at radius 1 is 1.26 bits per heavy atom. The number of nitrogens with zero attached hydrogens (tertiary/aromatic N) is 4. The largest absolute Gasteiger partial charge is 0.465 e. The van der Waals surface area contributed by atoms with Crippen LogP contribution in [0.15, 0.2) is 30.7 Å². The summed E-state index contributed by atoms with van der Waals surface area (Å²) in [7, 11) is 0. The van der Waals surface area contributed by atoms with Crippen molar-refractivity contribution >= 4 is 11.9 Å². The smallest absolute Gasteiger partial charge is 0.404 e. The van der Waals surface area contributed by atoms with E-state index < -0.39 is 6.09 Å². The highest BCUT2D eigenvalue weighted by Gasteiger charge is 2.20. The van der Waals surface area contributed by atoms with Gasteiger partial charge in [-0.25, -0.2) is 9.78 Å².